The molecule has 0 fully saturated rings. The Morgan fingerprint density at radius 3 is 1.07 bits per heavy atom. The van der Waals surface area contributed by atoms with Crippen LogP contribution in [0.25, 0.3) is 21.5 Å². The number of esters is 2. The van der Waals surface area contributed by atoms with Gasteiger partial charge in [0.2, 0.25) is 0 Å². The van der Waals surface area contributed by atoms with Crippen molar-refractivity contribution in [2.75, 3.05) is 26.4 Å². The van der Waals surface area contributed by atoms with E-state index in [0.717, 1.165) is 21.5 Å². The van der Waals surface area contributed by atoms with E-state index in [0.29, 0.717) is 23.0 Å². The summed E-state index contributed by atoms with van der Waals surface area (Å²) >= 11 is 0. The summed E-state index contributed by atoms with van der Waals surface area (Å²) in [6.07, 6.45) is -1.29. The van der Waals surface area contributed by atoms with Crippen LogP contribution in [0.5, 0.6) is 23.0 Å². The monoisotopic (exact) mass is 594 g/mol. The maximum absolute atomic E-state index is 11.9. The molecule has 0 aliphatic rings. The van der Waals surface area contributed by atoms with E-state index in [1.165, 1.54) is 13.8 Å². The van der Waals surface area contributed by atoms with Crippen LogP contribution in [0, 0.1) is 0 Å². The first kappa shape index (κ1) is 30.2. The van der Waals surface area contributed by atoms with Gasteiger partial charge in [-0.05, 0) is 24.3 Å². The zero-order valence-corrected chi connectivity index (χ0v) is 24.6. The zero-order chi connectivity index (χ0) is 30.7. The minimum absolute atomic E-state index is 0.0754. The lowest BCUT2D eigenvalue weighted by Gasteiger charge is -2.22. The quantitative estimate of drug-likeness (QED) is 0.103. The average molecular weight is 595 g/mol. The van der Waals surface area contributed by atoms with Crippen LogP contribution < -0.4 is 18.9 Å². The number of carbonyl (C=O) groups excluding carboxylic acids is 2. The Hall–Kier alpha value is -5.24. The van der Waals surface area contributed by atoms with E-state index in [9.17, 15) is 9.59 Å². The minimum atomic E-state index is -0.643. The Bertz CT molecular complexity index is 1500. The third-order valence-electron chi connectivity index (χ3n) is 6.68. The van der Waals surface area contributed by atoms with Crippen molar-refractivity contribution in [2.45, 2.75) is 26.1 Å². The number of para-hydroxylation sites is 2. The Kier molecular flexibility index (Phi) is 10.2. The normalized spacial score (nSPS) is 12.2. The molecule has 0 aliphatic heterocycles. The van der Waals surface area contributed by atoms with Crippen LogP contribution in [0.1, 0.15) is 13.8 Å². The van der Waals surface area contributed by atoms with E-state index in [-0.39, 0.29) is 26.4 Å². The minimum Gasteiger partial charge on any atom is -0.490 e. The molecule has 2 atom stereocenters. The highest BCUT2D eigenvalue weighted by atomic mass is 16.6. The maximum Gasteiger partial charge on any atom is 0.303 e. The van der Waals surface area contributed by atoms with E-state index < -0.39 is 24.1 Å². The van der Waals surface area contributed by atoms with E-state index in [2.05, 4.69) is 0 Å². The van der Waals surface area contributed by atoms with Gasteiger partial charge in [0.05, 0.1) is 0 Å². The Morgan fingerprint density at radius 1 is 0.455 bits per heavy atom. The van der Waals surface area contributed by atoms with Gasteiger partial charge in [-0.2, -0.15) is 0 Å². The molecule has 0 N–H and O–H groups in total. The molecule has 0 saturated heterocycles. The van der Waals surface area contributed by atoms with Crippen LogP contribution in [-0.4, -0.2) is 50.6 Å². The molecule has 44 heavy (non-hydrogen) atoms. The molecule has 226 valence electrons. The largest absolute Gasteiger partial charge is 0.490 e. The van der Waals surface area contributed by atoms with Gasteiger partial charge >= 0.3 is 11.9 Å². The third kappa shape index (κ3) is 7.98. The van der Waals surface area contributed by atoms with Crippen molar-refractivity contribution in [3.63, 3.8) is 0 Å². The van der Waals surface area contributed by atoms with E-state index in [4.69, 9.17) is 28.4 Å². The summed E-state index contributed by atoms with van der Waals surface area (Å²) in [5.74, 6) is 1.75. The molecule has 5 aromatic carbocycles. The van der Waals surface area contributed by atoms with E-state index >= 15 is 0 Å². The highest BCUT2D eigenvalue weighted by Gasteiger charge is 2.21. The second-order valence-corrected chi connectivity index (χ2v) is 10.1. The third-order valence-corrected chi connectivity index (χ3v) is 6.68. The topological polar surface area (TPSA) is 89.5 Å². The number of benzene rings is 5. The first-order valence-corrected chi connectivity index (χ1v) is 14.4. The Morgan fingerprint density at radius 2 is 0.750 bits per heavy atom. The molecule has 0 heterocycles. The lowest BCUT2D eigenvalue weighted by Crippen LogP contribution is -2.30. The zero-order valence-electron chi connectivity index (χ0n) is 24.6. The second kappa shape index (κ2) is 14.8. The van der Waals surface area contributed by atoms with Gasteiger partial charge in [0.1, 0.15) is 49.4 Å². The van der Waals surface area contributed by atoms with Gasteiger partial charge in [-0.25, -0.2) is 0 Å². The van der Waals surface area contributed by atoms with Crippen LogP contribution in [0.15, 0.2) is 109 Å². The first-order valence-electron chi connectivity index (χ1n) is 14.4. The van der Waals surface area contributed by atoms with Crippen LogP contribution in [0.4, 0.5) is 0 Å². The fraction of sp³-hybridized carbons (Fsp3) is 0.222. The molecule has 0 saturated carbocycles. The van der Waals surface area contributed by atoms with Gasteiger partial charge < -0.3 is 28.4 Å². The summed E-state index contributed by atoms with van der Waals surface area (Å²) < 4.78 is 35.6. The number of rotatable bonds is 14. The summed E-state index contributed by atoms with van der Waals surface area (Å²) in [5.41, 5.74) is 0. The summed E-state index contributed by atoms with van der Waals surface area (Å²) in [6, 6.07) is 34.1. The van der Waals surface area contributed by atoms with E-state index in [1.54, 1.807) is 0 Å². The van der Waals surface area contributed by atoms with Crippen molar-refractivity contribution in [1.29, 1.82) is 0 Å². The van der Waals surface area contributed by atoms with Crippen LogP contribution in [0.2, 0.25) is 0 Å². The fourth-order valence-corrected chi connectivity index (χ4v) is 4.83. The molecule has 5 aromatic rings. The van der Waals surface area contributed by atoms with Crippen molar-refractivity contribution >= 4 is 33.5 Å². The SMILES string of the molecule is CC(=O)OC(COc1ccccc1)COc1c2ccccc2c(OCC(COc2ccccc2)OC(C)=O)c2ccccc12. The predicted molar refractivity (Wildman–Crippen MR) is 167 cm³/mol. The van der Waals surface area contributed by atoms with Gasteiger partial charge in [0, 0.05) is 35.4 Å². The fourth-order valence-electron chi connectivity index (χ4n) is 4.83. The number of hydrogen-bond donors (Lipinski definition) is 0. The molecule has 5 rings (SSSR count). The molecular weight excluding hydrogens is 560 g/mol. The van der Waals surface area contributed by atoms with Gasteiger partial charge in [-0.1, -0.05) is 84.9 Å². The molecule has 8 nitrogen and oxygen atoms in total. The standard InChI is InChI=1S/C36H34O8/c1-25(37)43-29(21-39-27-13-5-3-6-14-27)23-41-35-31-17-9-11-19-33(31)36(34-20-12-10-18-32(34)35)42-24-30(44-26(2)38)22-40-28-15-7-4-8-16-28/h3-20,29-30H,21-24H2,1-2H3. The average Bonchev–Trinajstić information content (AvgIpc) is 3.04. The molecular formula is C36H34O8. The van der Waals surface area contributed by atoms with Crippen molar-refractivity contribution in [2.24, 2.45) is 0 Å². The molecule has 8 heteroatoms. The number of carbonyl (C=O) groups is 2. The summed E-state index contributed by atoms with van der Waals surface area (Å²) in [4.78, 5) is 23.8. The molecule has 0 aromatic heterocycles. The van der Waals surface area contributed by atoms with Crippen LogP contribution >= 0.6 is 0 Å². The molecule has 0 radical (unpaired) electrons. The van der Waals surface area contributed by atoms with Crippen molar-refractivity contribution in [1.82, 2.24) is 0 Å². The van der Waals surface area contributed by atoms with Crippen molar-refractivity contribution in [3.8, 4) is 23.0 Å². The smallest absolute Gasteiger partial charge is 0.303 e. The molecule has 0 bridgehead atoms. The lowest BCUT2D eigenvalue weighted by molar-refractivity contribution is -0.150. The van der Waals surface area contributed by atoms with Gasteiger partial charge in [-0.3, -0.25) is 9.59 Å². The van der Waals surface area contributed by atoms with Crippen LogP contribution in [0.3, 0.4) is 0 Å². The summed E-state index contributed by atoms with van der Waals surface area (Å²) in [5, 5.41) is 3.26. The second-order valence-electron chi connectivity index (χ2n) is 10.1. The van der Waals surface area contributed by atoms with Gasteiger partial charge in [0.15, 0.2) is 12.2 Å². The molecule has 0 spiro atoms. The van der Waals surface area contributed by atoms with Gasteiger partial charge in [0.25, 0.3) is 0 Å². The maximum atomic E-state index is 11.9. The number of fused-ring (bicyclic) bond motifs is 2. The summed E-state index contributed by atoms with van der Waals surface area (Å²) in [6.45, 7) is 3.13. The number of ether oxygens (including phenoxy) is 6. The highest BCUT2D eigenvalue weighted by molar-refractivity contribution is 6.11. The molecule has 2 unspecified atom stereocenters. The van der Waals surface area contributed by atoms with Gasteiger partial charge in [-0.15, -0.1) is 0 Å². The summed E-state index contributed by atoms with van der Waals surface area (Å²) in [7, 11) is 0. The lowest BCUT2D eigenvalue weighted by atomic mass is 10.0. The van der Waals surface area contributed by atoms with Crippen molar-refractivity contribution < 1.29 is 38.0 Å². The predicted octanol–water partition coefficient (Wildman–Crippen LogP) is 6.77. The first-order chi connectivity index (χ1) is 21.5. The number of hydrogen-bond acceptors (Lipinski definition) is 8. The van der Waals surface area contributed by atoms with Crippen LogP contribution in [-0.2, 0) is 19.1 Å². The highest BCUT2D eigenvalue weighted by Crippen LogP contribution is 2.42. The van der Waals surface area contributed by atoms with E-state index in [1.807, 2.05) is 109 Å². The Labute approximate surface area is 256 Å². The molecule has 0 amide bonds. The van der Waals surface area contributed by atoms with Crippen molar-refractivity contribution in [3.05, 3.63) is 109 Å². The molecule has 0 aliphatic carbocycles. The Balaban J connectivity index is 1.40.